The van der Waals surface area contributed by atoms with Gasteiger partial charge in [-0.2, -0.15) is 0 Å². The van der Waals surface area contributed by atoms with Crippen LogP contribution in [0, 0.1) is 0 Å². The fourth-order valence-electron chi connectivity index (χ4n) is 10.7. The molecule has 0 atom stereocenters. The van der Waals surface area contributed by atoms with Gasteiger partial charge >= 0.3 is 0 Å². The lowest BCUT2D eigenvalue weighted by atomic mass is 9.82. The first-order valence-corrected chi connectivity index (χ1v) is 21.6. The van der Waals surface area contributed by atoms with Crippen molar-refractivity contribution in [1.82, 2.24) is 0 Å². The first-order chi connectivity index (χ1) is 30.5. The van der Waals surface area contributed by atoms with E-state index >= 15 is 0 Å². The van der Waals surface area contributed by atoms with E-state index in [1.165, 1.54) is 115 Å². The molecule has 290 valence electrons. The standard InChI is InChI=1S/C61H40O/c1-61(2)55-18-10-9-13-47(55)52-36-58-54(35-56(52)61)53-33-46-32-44(29-30-45(46)34-57(53)62-58)39-21-26-41(27-22-39)60-50-16-7-5-14-48(50)59(49-15-6-8-17-51(49)60)40-24-19-38(20-25-40)43-28-23-37-11-3-4-12-42(37)31-43/h3-36H,1-2H3. The monoisotopic (exact) mass is 788 g/mol. The number of benzene rings is 11. The second-order valence-corrected chi connectivity index (χ2v) is 17.6. The van der Waals surface area contributed by atoms with Gasteiger partial charge in [-0.25, -0.2) is 0 Å². The Morgan fingerprint density at radius 3 is 1.37 bits per heavy atom. The molecule has 0 aliphatic heterocycles. The largest absolute Gasteiger partial charge is 0.456 e. The Morgan fingerprint density at radius 2 is 0.742 bits per heavy atom. The molecule has 0 saturated heterocycles. The molecule has 1 aliphatic carbocycles. The Labute approximate surface area is 360 Å². The average molecular weight is 789 g/mol. The molecule has 13 rings (SSSR count). The van der Waals surface area contributed by atoms with Gasteiger partial charge in [0.25, 0.3) is 0 Å². The van der Waals surface area contributed by atoms with Crippen LogP contribution in [-0.2, 0) is 5.41 Å². The summed E-state index contributed by atoms with van der Waals surface area (Å²) in [6.45, 7) is 4.68. The third kappa shape index (κ3) is 5.22. The highest BCUT2D eigenvalue weighted by atomic mass is 16.3. The summed E-state index contributed by atoms with van der Waals surface area (Å²) in [7, 11) is 0. The molecule has 0 unspecified atom stereocenters. The van der Waals surface area contributed by atoms with E-state index < -0.39 is 0 Å². The average Bonchev–Trinajstić information content (AvgIpc) is 3.78. The van der Waals surface area contributed by atoms with Gasteiger partial charge in [0.05, 0.1) is 0 Å². The molecule has 1 nitrogen and oxygen atoms in total. The van der Waals surface area contributed by atoms with Gasteiger partial charge in [-0.1, -0.05) is 184 Å². The first-order valence-electron chi connectivity index (χ1n) is 21.6. The van der Waals surface area contributed by atoms with Crippen molar-refractivity contribution in [2.45, 2.75) is 19.3 Å². The molecule has 11 aromatic carbocycles. The highest BCUT2D eigenvalue weighted by Crippen LogP contribution is 2.51. The molecule has 1 aromatic heterocycles. The molecule has 62 heavy (non-hydrogen) atoms. The van der Waals surface area contributed by atoms with E-state index in [2.05, 4.69) is 220 Å². The van der Waals surface area contributed by atoms with E-state index in [4.69, 9.17) is 4.42 Å². The topological polar surface area (TPSA) is 13.1 Å². The minimum Gasteiger partial charge on any atom is -0.456 e. The molecule has 0 N–H and O–H groups in total. The number of fused-ring (bicyclic) bond motifs is 10. The molecular weight excluding hydrogens is 749 g/mol. The van der Waals surface area contributed by atoms with Crippen LogP contribution in [0.5, 0.6) is 0 Å². The number of rotatable bonds is 4. The van der Waals surface area contributed by atoms with Crippen molar-refractivity contribution in [2.75, 3.05) is 0 Å². The molecule has 0 amide bonds. The highest BCUT2D eigenvalue weighted by Gasteiger charge is 2.36. The Morgan fingerprint density at radius 1 is 0.290 bits per heavy atom. The van der Waals surface area contributed by atoms with Crippen molar-refractivity contribution >= 4 is 65.0 Å². The molecule has 1 heteroatoms. The van der Waals surface area contributed by atoms with E-state index in [-0.39, 0.29) is 5.41 Å². The minimum atomic E-state index is -0.0633. The lowest BCUT2D eigenvalue weighted by Crippen LogP contribution is -2.14. The summed E-state index contributed by atoms with van der Waals surface area (Å²) >= 11 is 0. The highest BCUT2D eigenvalue weighted by molar-refractivity contribution is 6.21. The lowest BCUT2D eigenvalue weighted by Gasteiger charge is -2.21. The van der Waals surface area contributed by atoms with Crippen molar-refractivity contribution in [1.29, 1.82) is 0 Å². The minimum absolute atomic E-state index is 0.0633. The smallest absolute Gasteiger partial charge is 0.136 e. The van der Waals surface area contributed by atoms with Crippen LogP contribution in [0.3, 0.4) is 0 Å². The lowest BCUT2D eigenvalue weighted by molar-refractivity contribution is 0.658. The van der Waals surface area contributed by atoms with Gasteiger partial charge in [-0.3, -0.25) is 0 Å². The summed E-state index contributed by atoms with van der Waals surface area (Å²) in [5.74, 6) is 0. The van der Waals surface area contributed by atoms with E-state index in [1.807, 2.05) is 0 Å². The summed E-state index contributed by atoms with van der Waals surface area (Å²) in [5, 5.41) is 12.3. The molecule has 12 aromatic rings. The van der Waals surface area contributed by atoms with E-state index in [9.17, 15) is 0 Å². The van der Waals surface area contributed by atoms with Gasteiger partial charge in [0, 0.05) is 16.2 Å². The van der Waals surface area contributed by atoms with E-state index in [0.29, 0.717) is 0 Å². The number of furan rings is 1. The molecule has 0 fully saturated rings. The fraction of sp³-hybridized carbons (Fsp3) is 0.0492. The second-order valence-electron chi connectivity index (χ2n) is 17.6. The maximum absolute atomic E-state index is 6.57. The quantitative estimate of drug-likeness (QED) is 0.162. The maximum Gasteiger partial charge on any atom is 0.136 e. The van der Waals surface area contributed by atoms with Crippen molar-refractivity contribution < 1.29 is 4.42 Å². The van der Waals surface area contributed by atoms with Gasteiger partial charge in [-0.15, -0.1) is 0 Å². The Kier molecular flexibility index (Phi) is 7.42. The molecule has 0 saturated carbocycles. The van der Waals surface area contributed by atoms with Gasteiger partial charge in [-0.05, 0) is 146 Å². The van der Waals surface area contributed by atoms with Gasteiger partial charge in [0.1, 0.15) is 11.2 Å². The van der Waals surface area contributed by atoms with Crippen LogP contribution in [0.15, 0.2) is 211 Å². The SMILES string of the molecule is CC1(C)c2ccccc2-c2cc3oc4cc5ccc(-c6ccc(-c7c8ccccc8c(-c8ccc(-c9ccc%10ccccc%10c9)cc8)c8ccccc78)cc6)cc5cc4c3cc21. The Bertz CT molecular complexity index is 3750. The van der Waals surface area contributed by atoms with Crippen LogP contribution in [0.1, 0.15) is 25.0 Å². The second kappa shape index (κ2) is 13.1. The molecule has 0 bridgehead atoms. The van der Waals surface area contributed by atoms with Crippen molar-refractivity contribution in [2.24, 2.45) is 0 Å². The normalized spacial score (nSPS) is 13.1. The zero-order chi connectivity index (χ0) is 41.1. The predicted octanol–water partition coefficient (Wildman–Crippen LogP) is 17.2. The van der Waals surface area contributed by atoms with Crippen LogP contribution in [0.2, 0.25) is 0 Å². The van der Waals surface area contributed by atoms with E-state index in [0.717, 1.165) is 16.6 Å². The summed E-state index contributed by atoms with van der Waals surface area (Å²) in [4.78, 5) is 0. The third-order valence-corrected chi connectivity index (χ3v) is 13.8. The van der Waals surface area contributed by atoms with Crippen LogP contribution in [-0.4, -0.2) is 0 Å². The van der Waals surface area contributed by atoms with Crippen LogP contribution >= 0.6 is 0 Å². The molecule has 0 radical (unpaired) electrons. The Balaban J connectivity index is 0.878. The van der Waals surface area contributed by atoms with Gasteiger partial charge in [0.2, 0.25) is 0 Å². The van der Waals surface area contributed by atoms with Crippen LogP contribution < -0.4 is 0 Å². The van der Waals surface area contributed by atoms with Crippen molar-refractivity contribution in [3.63, 3.8) is 0 Å². The summed E-state index contributed by atoms with van der Waals surface area (Å²) in [6, 6.07) is 76.2. The van der Waals surface area contributed by atoms with Crippen molar-refractivity contribution in [3.05, 3.63) is 217 Å². The predicted molar refractivity (Wildman–Crippen MR) is 263 cm³/mol. The Hall–Kier alpha value is -7.74. The number of hydrogen-bond donors (Lipinski definition) is 0. The van der Waals surface area contributed by atoms with Gasteiger partial charge < -0.3 is 4.42 Å². The van der Waals surface area contributed by atoms with Crippen LogP contribution in [0.4, 0.5) is 0 Å². The third-order valence-electron chi connectivity index (χ3n) is 13.8. The van der Waals surface area contributed by atoms with Crippen LogP contribution in [0.25, 0.3) is 121 Å². The molecule has 0 spiro atoms. The molecule has 1 heterocycles. The molecular formula is C61H40O. The zero-order valence-corrected chi connectivity index (χ0v) is 34.5. The summed E-state index contributed by atoms with van der Waals surface area (Å²) < 4.78 is 6.57. The van der Waals surface area contributed by atoms with Gasteiger partial charge in [0.15, 0.2) is 0 Å². The maximum atomic E-state index is 6.57. The summed E-state index contributed by atoms with van der Waals surface area (Å²) in [6.07, 6.45) is 0. The fourth-order valence-corrected chi connectivity index (χ4v) is 10.7. The van der Waals surface area contributed by atoms with Crippen molar-refractivity contribution in [3.8, 4) is 55.6 Å². The summed E-state index contributed by atoms with van der Waals surface area (Å²) in [5.41, 5.74) is 17.0. The first kappa shape index (κ1) is 35.1. The zero-order valence-electron chi connectivity index (χ0n) is 34.5. The molecule has 1 aliphatic rings. The number of hydrogen-bond acceptors (Lipinski definition) is 1. The van der Waals surface area contributed by atoms with E-state index in [1.54, 1.807) is 0 Å².